The SMILES string of the molecule is CCN1C(=O)c2cccc3c(S(=O)(=O)Nc4ccccc4Br)ccc1c23. The Morgan fingerprint density at radius 1 is 1.04 bits per heavy atom. The molecule has 5 nitrogen and oxygen atoms in total. The Kier molecular flexibility index (Phi) is 4.00. The van der Waals surface area contributed by atoms with Crippen molar-refractivity contribution in [3.05, 3.63) is 64.6 Å². The van der Waals surface area contributed by atoms with E-state index in [9.17, 15) is 13.2 Å². The molecule has 0 fully saturated rings. The first-order valence-corrected chi connectivity index (χ1v) is 10.4. The predicted molar refractivity (Wildman–Crippen MR) is 106 cm³/mol. The summed E-state index contributed by atoms with van der Waals surface area (Å²) in [6, 6.07) is 15.5. The second-order valence-corrected chi connectivity index (χ2v) is 8.45. The third-order valence-electron chi connectivity index (χ3n) is 4.47. The van der Waals surface area contributed by atoms with Crippen molar-refractivity contribution in [2.24, 2.45) is 0 Å². The maximum Gasteiger partial charge on any atom is 0.262 e. The van der Waals surface area contributed by atoms with Gasteiger partial charge in [-0.3, -0.25) is 9.52 Å². The summed E-state index contributed by atoms with van der Waals surface area (Å²) in [5.74, 6) is -0.0959. The minimum Gasteiger partial charge on any atom is -0.308 e. The lowest BCUT2D eigenvalue weighted by molar-refractivity contribution is 0.0994. The third kappa shape index (κ3) is 2.50. The summed E-state index contributed by atoms with van der Waals surface area (Å²) in [7, 11) is -3.82. The van der Waals surface area contributed by atoms with E-state index in [0.29, 0.717) is 33.0 Å². The van der Waals surface area contributed by atoms with Crippen molar-refractivity contribution in [3.8, 4) is 0 Å². The van der Waals surface area contributed by atoms with Crippen LogP contribution in [0.1, 0.15) is 17.3 Å². The molecule has 0 unspecified atom stereocenters. The molecule has 1 aliphatic heterocycles. The molecule has 0 radical (unpaired) electrons. The number of halogens is 1. The van der Waals surface area contributed by atoms with Gasteiger partial charge in [-0.1, -0.05) is 24.3 Å². The van der Waals surface area contributed by atoms with Crippen LogP contribution in [0.15, 0.2) is 64.0 Å². The number of hydrogen-bond donors (Lipinski definition) is 1. The molecule has 1 aliphatic rings. The van der Waals surface area contributed by atoms with Gasteiger partial charge in [0, 0.05) is 27.4 Å². The standard InChI is InChI=1S/C19H15BrN2O3S/c1-2-22-16-10-11-17(12-6-5-7-13(18(12)16)19(22)23)26(24,25)21-15-9-4-3-8-14(15)20/h3-11,21H,2H2,1H3. The molecular weight excluding hydrogens is 416 g/mol. The van der Waals surface area contributed by atoms with Crippen molar-refractivity contribution in [1.82, 2.24) is 0 Å². The average molecular weight is 431 g/mol. The average Bonchev–Trinajstić information content (AvgIpc) is 2.90. The van der Waals surface area contributed by atoms with E-state index in [2.05, 4.69) is 20.7 Å². The van der Waals surface area contributed by atoms with Crippen LogP contribution in [-0.4, -0.2) is 20.9 Å². The number of amides is 1. The Labute approximate surface area is 159 Å². The number of carbonyl (C=O) groups is 1. The normalized spacial score (nSPS) is 13.5. The molecule has 3 aromatic carbocycles. The first kappa shape index (κ1) is 17.1. The van der Waals surface area contributed by atoms with Crippen molar-refractivity contribution < 1.29 is 13.2 Å². The molecule has 1 heterocycles. The Morgan fingerprint density at radius 3 is 2.54 bits per heavy atom. The highest BCUT2D eigenvalue weighted by Crippen LogP contribution is 2.40. The molecule has 0 saturated heterocycles. The smallest absolute Gasteiger partial charge is 0.262 e. The van der Waals surface area contributed by atoms with Crippen LogP contribution in [0.5, 0.6) is 0 Å². The lowest BCUT2D eigenvalue weighted by atomic mass is 10.1. The van der Waals surface area contributed by atoms with Crippen molar-refractivity contribution in [2.45, 2.75) is 11.8 Å². The van der Waals surface area contributed by atoms with Crippen molar-refractivity contribution >= 4 is 54.0 Å². The number of para-hydroxylation sites is 1. The number of benzene rings is 3. The summed E-state index contributed by atoms with van der Waals surface area (Å²) in [4.78, 5) is 14.4. The molecule has 0 aliphatic carbocycles. The van der Waals surface area contributed by atoms with E-state index >= 15 is 0 Å². The van der Waals surface area contributed by atoms with Crippen LogP contribution in [0.2, 0.25) is 0 Å². The van der Waals surface area contributed by atoms with Gasteiger partial charge in [0.05, 0.1) is 16.3 Å². The van der Waals surface area contributed by atoms with Crippen LogP contribution in [0.25, 0.3) is 10.8 Å². The summed E-state index contributed by atoms with van der Waals surface area (Å²) in [5, 5.41) is 1.23. The molecule has 1 amide bonds. The lowest BCUT2D eigenvalue weighted by Gasteiger charge is -2.16. The molecule has 26 heavy (non-hydrogen) atoms. The molecule has 4 rings (SSSR count). The van der Waals surface area contributed by atoms with Gasteiger partial charge in [-0.25, -0.2) is 8.42 Å². The van der Waals surface area contributed by atoms with Crippen LogP contribution in [0, 0.1) is 0 Å². The highest BCUT2D eigenvalue weighted by atomic mass is 79.9. The second-order valence-electron chi connectivity index (χ2n) is 5.95. The predicted octanol–water partition coefficient (Wildman–Crippen LogP) is 4.38. The Hall–Kier alpha value is -2.38. The van der Waals surface area contributed by atoms with Crippen molar-refractivity contribution in [2.75, 3.05) is 16.2 Å². The summed E-state index contributed by atoms with van der Waals surface area (Å²) < 4.78 is 29.3. The van der Waals surface area contributed by atoms with E-state index in [1.807, 2.05) is 13.0 Å². The third-order valence-corrected chi connectivity index (χ3v) is 6.58. The van der Waals surface area contributed by atoms with E-state index in [1.54, 1.807) is 53.4 Å². The highest BCUT2D eigenvalue weighted by Gasteiger charge is 2.31. The van der Waals surface area contributed by atoms with Gasteiger partial charge in [0.1, 0.15) is 0 Å². The van der Waals surface area contributed by atoms with Gasteiger partial charge >= 0.3 is 0 Å². The minimum atomic E-state index is -3.82. The number of nitrogens with zero attached hydrogens (tertiary/aromatic N) is 1. The summed E-state index contributed by atoms with van der Waals surface area (Å²) in [5.41, 5.74) is 1.75. The van der Waals surface area contributed by atoms with E-state index in [0.717, 1.165) is 5.69 Å². The van der Waals surface area contributed by atoms with Crippen LogP contribution < -0.4 is 9.62 Å². The summed E-state index contributed by atoms with van der Waals surface area (Å²) in [6.45, 7) is 2.43. The zero-order chi connectivity index (χ0) is 18.5. The van der Waals surface area contributed by atoms with Crippen LogP contribution in [0.4, 0.5) is 11.4 Å². The molecule has 3 aromatic rings. The maximum absolute atomic E-state index is 13.0. The van der Waals surface area contributed by atoms with Crippen molar-refractivity contribution in [1.29, 1.82) is 0 Å². The van der Waals surface area contributed by atoms with Crippen LogP contribution in [-0.2, 0) is 10.0 Å². The number of anilines is 2. The van der Waals surface area contributed by atoms with Crippen molar-refractivity contribution in [3.63, 3.8) is 0 Å². The van der Waals surface area contributed by atoms with Gasteiger partial charge < -0.3 is 4.90 Å². The number of rotatable bonds is 4. The number of sulfonamides is 1. The second kappa shape index (κ2) is 6.10. The number of carbonyl (C=O) groups excluding carboxylic acids is 1. The quantitative estimate of drug-likeness (QED) is 0.667. The topological polar surface area (TPSA) is 66.5 Å². The maximum atomic E-state index is 13.0. The first-order valence-electron chi connectivity index (χ1n) is 8.09. The van der Waals surface area contributed by atoms with E-state index in [4.69, 9.17) is 0 Å². The molecule has 0 spiro atoms. The minimum absolute atomic E-state index is 0.0959. The molecule has 0 aromatic heterocycles. The summed E-state index contributed by atoms with van der Waals surface area (Å²) in [6.07, 6.45) is 0. The molecule has 7 heteroatoms. The molecule has 0 atom stereocenters. The summed E-state index contributed by atoms with van der Waals surface area (Å²) >= 11 is 3.35. The van der Waals surface area contributed by atoms with Gasteiger partial charge in [-0.2, -0.15) is 0 Å². The van der Waals surface area contributed by atoms with Gasteiger partial charge in [0.15, 0.2) is 0 Å². The fourth-order valence-corrected chi connectivity index (χ4v) is 5.11. The van der Waals surface area contributed by atoms with E-state index in [-0.39, 0.29) is 10.8 Å². The van der Waals surface area contributed by atoms with Gasteiger partial charge in [-0.05, 0) is 53.2 Å². The monoisotopic (exact) mass is 430 g/mol. The Bertz CT molecular complexity index is 1160. The Morgan fingerprint density at radius 2 is 1.81 bits per heavy atom. The Balaban J connectivity index is 1.90. The fraction of sp³-hybridized carbons (Fsp3) is 0.105. The zero-order valence-corrected chi connectivity index (χ0v) is 16.3. The first-order chi connectivity index (χ1) is 12.4. The van der Waals surface area contributed by atoms with Crippen LogP contribution >= 0.6 is 15.9 Å². The molecule has 132 valence electrons. The molecular formula is C19H15BrN2O3S. The lowest BCUT2D eigenvalue weighted by Crippen LogP contribution is -2.25. The van der Waals surface area contributed by atoms with Gasteiger partial charge in [0.25, 0.3) is 15.9 Å². The molecule has 0 bridgehead atoms. The van der Waals surface area contributed by atoms with Crippen LogP contribution in [0.3, 0.4) is 0 Å². The van der Waals surface area contributed by atoms with Gasteiger partial charge in [0.2, 0.25) is 0 Å². The van der Waals surface area contributed by atoms with E-state index < -0.39 is 10.0 Å². The molecule has 0 saturated carbocycles. The largest absolute Gasteiger partial charge is 0.308 e. The number of hydrogen-bond acceptors (Lipinski definition) is 3. The zero-order valence-electron chi connectivity index (χ0n) is 13.9. The van der Waals surface area contributed by atoms with E-state index in [1.165, 1.54) is 0 Å². The fourth-order valence-electron chi connectivity index (χ4n) is 3.31. The number of nitrogens with one attached hydrogen (secondary N) is 1. The highest BCUT2D eigenvalue weighted by molar-refractivity contribution is 9.10. The molecule has 1 N–H and O–H groups in total. The van der Waals surface area contributed by atoms with Gasteiger partial charge in [-0.15, -0.1) is 0 Å².